The van der Waals surface area contributed by atoms with Crippen LogP contribution in [0.15, 0.2) is 52.4 Å². The second-order valence-electron chi connectivity index (χ2n) is 3.98. The van der Waals surface area contributed by atoms with Crippen molar-refractivity contribution in [2.24, 2.45) is 0 Å². The first-order valence-corrected chi connectivity index (χ1v) is 8.07. The third-order valence-electron chi connectivity index (χ3n) is 2.57. The van der Waals surface area contributed by atoms with Gasteiger partial charge in [0.1, 0.15) is 0 Å². The zero-order chi connectivity index (χ0) is 13.7. The maximum Gasteiger partial charge on any atom is 0.241 e. The van der Waals surface area contributed by atoms with Crippen LogP contribution in [0.25, 0.3) is 0 Å². The molecule has 0 radical (unpaired) electrons. The average Bonchev–Trinajstić information content (AvgIpc) is 2.88. The lowest BCUT2D eigenvalue weighted by atomic mass is 10.4. The van der Waals surface area contributed by atoms with Gasteiger partial charge in [0.25, 0.3) is 0 Å². The number of aromatic nitrogens is 2. The van der Waals surface area contributed by atoms with Gasteiger partial charge < -0.3 is 4.57 Å². The van der Waals surface area contributed by atoms with E-state index in [1.54, 1.807) is 36.8 Å². The van der Waals surface area contributed by atoms with Crippen LogP contribution in [0.5, 0.6) is 0 Å². The summed E-state index contributed by atoms with van der Waals surface area (Å²) in [6.45, 7) is 1.13. The Morgan fingerprint density at radius 3 is 2.79 bits per heavy atom. The van der Waals surface area contributed by atoms with E-state index in [9.17, 15) is 8.42 Å². The predicted molar refractivity (Wildman–Crippen MR) is 76.2 cm³/mol. The molecule has 0 aliphatic rings. The third-order valence-corrected chi connectivity index (χ3v) is 5.04. The summed E-state index contributed by atoms with van der Waals surface area (Å²) >= 11 is 3.24. The lowest BCUT2D eigenvalue weighted by Gasteiger charge is -2.08. The average molecular weight is 344 g/mol. The maximum absolute atomic E-state index is 12.1. The molecule has 1 aromatic carbocycles. The van der Waals surface area contributed by atoms with Crippen molar-refractivity contribution >= 4 is 26.0 Å². The molecule has 0 amide bonds. The molecular formula is C12H14BrN3O2S. The first kappa shape index (κ1) is 14.2. The van der Waals surface area contributed by atoms with Gasteiger partial charge in [-0.05, 0) is 34.5 Å². The molecule has 102 valence electrons. The normalized spacial score (nSPS) is 11.6. The lowest BCUT2D eigenvalue weighted by Crippen LogP contribution is -2.25. The summed E-state index contributed by atoms with van der Waals surface area (Å²) < 4.78 is 29.2. The summed E-state index contributed by atoms with van der Waals surface area (Å²) in [5.74, 6) is 0. The smallest absolute Gasteiger partial charge is 0.241 e. The van der Waals surface area contributed by atoms with Gasteiger partial charge in [0.15, 0.2) is 0 Å². The van der Waals surface area contributed by atoms with E-state index in [1.165, 1.54) is 0 Å². The highest BCUT2D eigenvalue weighted by atomic mass is 79.9. The number of aryl methyl sites for hydroxylation is 1. The van der Waals surface area contributed by atoms with Gasteiger partial charge in [-0.1, -0.05) is 12.1 Å². The van der Waals surface area contributed by atoms with Gasteiger partial charge in [-0.25, -0.2) is 18.1 Å². The van der Waals surface area contributed by atoms with Crippen molar-refractivity contribution < 1.29 is 8.42 Å². The van der Waals surface area contributed by atoms with Crippen molar-refractivity contribution in [3.8, 4) is 0 Å². The Hall–Kier alpha value is -1.18. The highest BCUT2D eigenvalue weighted by Crippen LogP contribution is 2.20. The largest absolute Gasteiger partial charge is 0.337 e. The van der Waals surface area contributed by atoms with Crippen LogP contribution in [0.4, 0.5) is 0 Å². The third kappa shape index (κ3) is 3.89. The Labute approximate surface area is 120 Å². The van der Waals surface area contributed by atoms with E-state index in [1.807, 2.05) is 10.8 Å². The number of rotatable bonds is 6. The summed E-state index contributed by atoms with van der Waals surface area (Å²) in [6.07, 6.45) is 5.97. The Balaban J connectivity index is 1.90. The monoisotopic (exact) mass is 343 g/mol. The first-order chi connectivity index (χ1) is 9.09. The van der Waals surface area contributed by atoms with Gasteiger partial charge in [0, 0.05) is 30.0 Å². The van der Waals surface area contributed by atoms with Gasteiger partial charge in [0.2, 0.25) is 10.0 Å². The Morgan fingerprint density at radius 1 is 1.32 bits per heavy atom. The minimum Gasteiger partial charge on any atom is -0.337 e. The van der Waals surface area contributed by atoms with E-state index in [2.05, 4.69) is 25.6 Å². The minimum atomic E-state index is -3.45. The molecule has 0 atom stereocenters. The zero-order valence-electron chi connectivity index (χ0n) is 10.2. The molecule has 2 aromatic rings. The van der Waals surface area contributed by atoms with Crippen LogP contribution in [0.2, 0.25) is 0 Å². The number of imidazole rings is 1. The Kier molecular flexibility index (Phi) is 4.73. The first-order valence-electron chi connectivity index (χ1n) is 5.79. The van der Waals surface area contributed by atoms with Gasteiger partial charge in [-0.2, -0.15) is 0 Å². The molecule has 5 nitrogen and oxygen atoms in total. The van der Waals surface area contributed by atoms with Crippen molar-refractivity contribution in [1.29, 1.82) is 0 Å². The van der Waals surface area contributed by atoms with Crippen molar-refractivity contribution in [3.63, 3.8) is 0 Å². The molecule has 1 N–H and O–H groups in total. The maximum atomic E-state index is 12.1. The highest BCUT2D eigenvalue weighted by Gasteiger charge is 2.15. The van der Waals surface area contributed by atoms with Crippen molar-refractivity contribution in [3.05, 3.63) is 47.5 Å². The molecule has 2 rings (SSSR count). The Bertz CT molecular complexity index is 626. The second kappa shape index (κ2) is 6.31. The number of hydrogen-bond acceptors (Lipinski definition) is 3. The number of nitrogens with zero attached hydrogens (tertiary/aromatic N) is 2. The molecule has 0 saturated carbocycles. The summed E-state index contributed by atoms with van der Waals surface area (Å²) in [6, 6.07) is 6.76. The van der Waals surface area contributed by atoms with Crippen LogP contribution in [-0.2, 0) is 16.6 Å². The molecule has 0 bridgehead atoms. The lowest BCUT2D eigenvalue weighted by molar-refractivity contribution is 0.569. The zero-order valence-corrected chi connectivity index (χ0v) is 12.6. The van der Waals surface area contributed by atoms with E-state index in [0.717, 1.165) is 6.54 Å². The number of nitrogens with one attached hydrogen (secondary N) is 1. The fourth-order valence-corrected chi connectivity index (χ4v) is 3.70. The molecule has 19 heavy (non-hydrogen) atoms. The van der Waals surface area contributed by atoms with Gasteiger partial charge in [-0.15, -0.1) is 0 Å². The molecule has 7 heteroatoms. The van der Waals surface area contributed by atoms with Crippen LogP contribution in [0.1, 0.15) is 6.42 Å². The van der Waals surface area contributed by atoms with Crippen molar-refractivity contribution in [2.75, 3.05) is 6.54 Å². The molecule has 0 saturated heterocycles. The van der Waals surface area contributed by atoms with Crippen molar-refractivity contribution in [1.82, 2.24) is 14.3 Å². The summed E-state index contributed by atoms with van der Waals surface area (Å²) in [5, 5.41) is 0. The number of benzene rings is 1. The van der Waals surface area contributed by atoms with Crippen LogP contribution in [-0.4, -0.2) is 24.5 Å². The quantitative estimate of drug-likeness (QED) is 0.816. The van der Waals surface area contributed by atoms with Crippen LogP contribution in [0.3, 0.4) is 0 Å². The SMILES string of the molecule is O=S(=O)(NCCCn1ccnc1)c1ccccc1Br. The molecule has 1 aromatic heterocycles. The summed E-state index contributed by atoms with van der Waals surface area (Å²) in [5.41, 5.74) is 0. The van der Waals surface area contributed by atoms with Crippen LogP contribution >= 0.6 is 15.9 Å². The number of sulfonamides is 1. The minimum absolute atomic E-state index is 0.262. The molecular weight excluding hydrogens is 330 g/mol. The number of halogens is 1. The summed E-state index contributed by atoms with van der Waals surface area (Å²) in [7, 11) is -3.45. The van der Waals surface area contributed by atoms with E-state index in [4.69, 9.17) is 0 Å². The van der Waals surface area contributed by atoms with Gasteiger partial charge >= 0.3 is 0 Å². The molecule has 0 aliphatic heterocycles. The molecule has 0 aliphatic carbocycles. The summed E-state index contributed by atoms with van der Waals surface area (Å²) in [4.78, 5) is 4.19. The molecule has 0 unspecified atom stereocenters. The predicted octanol–water partition coefficient (Wildman–Crippen LogP) is 2.01. The van der Waals surface area contributed by atoms with Crippen LogP contribution in [0, 0.1) is 0 Å². The fraction of sp³-hybridized carbons (Fsp3) is 0.250. The van der Waals surface area contributed by atoms with Gasteiger partial charge in [0.05, 0.1) is 11.2 Å². The second-order valence-corrected chi connectivity index (χ2v) is 6.57. The standard InChI is InChI=1S/C12H14BrN3O2S/c13-11-4-1-2-5-12(11)19(17,18)15-6-3-8-16-9-7-14-10-16/h1-2,4-5,7,9-10,15H,3,6,8H2. The van der Waals surface area contributed by atoms with E-state index >= 15 is 0 Å². The fourth-order valence-electron chi connectivity index (χ4n) is 1.63. The van der Waals surface area contributed by atoms with Crippen LogP contribution < -0.4 is 4.72 Å². The van der Waals surface area contributed by atoms with Gasteiger partial charge in [-0.3, -0.25) is 0 Å². The van der Waals surface area contributed by atoms with E-state index in [-0.39, 0.29) is 4.90 Å². The topological polar surface area (TPSA) is 64.0 Å². The Morgan fingerprint density at radius 2 is 2.11 bits per heavy atom. The molecule has 0 fully saturated rings. The molecule has 0 spiro atoms. The van der Waals surface area contributed by atoms with E-state index < -0.39 is 10.0 Å². The van der Waals surface area contributed by atoms with Crippen molar-refractivity contribution in [2.45, 2.75) is 17.9 Å². The highest BCUT2D eigenvalue weighted by molar-refractivity contribution is 9.10. The van der Waals surface area contributed by atoms with E-state index in [0.29, 0.717) is 17.4 Å². The number of hydrogen-bond donors (Lipinski definition) is 1. The molecule has 1 heterocycles.